The van der Waals surface area contributed by atoms with E-state index in [-0.39, 0.29) is 41.9 Å². The van der Waals surface area contributed by atoms with Crippen molar-refractivity contribution in [2.75, 3.05) is 19.5 Å². The Morgan fingerprint density at radius 2 is 2.22 bits per heavy atom. The molecule has 9 heavy (non-hydrogen) atoms. The fraction of sp³-hybridized carbons (Fsp3) is 1.00. The van der Waals surface area contributed by atoms with Gasteiger partial charge in [-0.3, -0.25) is 4.21 Å². The predicted octanol–water partition coefficient (Wildman–Crippen LogP) is -3.49. The fourth-order valence-electron chi connectivity index (χ4n) is 0.185. The number of rotatable bonds is 3. The quantitative estimate of drug-likeness (QED) is 0.421. The van der Waals surface area contributed by atoms with Gasteiger partial charge in [-0.2, -0.15) is 0 Å². The van der Waals surface area contributed by atoms with Crippen LogP contribution in [0.25, 0.3) is 0 Å². The van der Waals surface area contributed by atoms with Crippen LogP contribution in [0.4, 0.5) is 0 Å². The second-order valence-corrected chi connectivity index (χ2v) is 4.30. The van der Waals surface area contributed by atoms with Crippen LogP contribution < -0.4 is 29.6 Å². The third-order valence-corrected chi connectivity index (χ3v) is 1.70. The van der Waals surface area contributed by atoms with E-state index in [1.807, 2.05) is 0 Å². The monoisotopic (exact) mass is 178 g/mol. The van der Waals surface area contributed by atoms with Crippen LogP contribution in [0.1, 0.15) is 0 Å². The zero-order chi connectivity index (χ0) is 6.62. The third kappa shape index (κ3) is 12.5. The van der Waals surface area contributed by atoms with Gasteiger partial charge in [0, 0.05) is 12.9 Å². The molecule has 0 radical (unpaired) electrons. The molecule has 0 aliphatic heterocycles. The van der Waals surface area contributed by atoms with Crippen molar-refractivity contribution < 1.29 is 43.1 Å². The molecule has 0 fully saturated rings. The molecule has 3 nitrogen and oxygen atoms in total. The van der Waals surface area contributed by atoms with Crippen LogP contribution in [-0.4, -0.2) is 28.2 Å². The average molecular weight is 178 g/mol. The van der Waals surface area contributed by atoms with Crippen molar-refractivity contribution in [3.63, 3.8) is 0 Å². The van der Waals surface area contributed by atoms with E-state index in [0.717, 1.165) is 0 Å². The molecule has 0 amide bonds. The Morgan fingerprint density at radius 1 is 1.78 bits per heavy atom. The molecule has 0 aromatic rings. The molecule has 1 atom stereocenters. The Kier molecular flexibility index (Phi) is 8.66. The van der Waals surface area contributed by atoms with Gasteiger partial charge in [-0.05, 0) is 20.0 Å². The summed E-state index contributed by atoms with van der Waals surface area (Å²) in [5.74, 6) is -0.0706. The van der Waals surface area contributed by atoms with Crippen molar-refractivity contribution >= 4 is 20.0 Å². The average Bonchev–Trinajstić information content (AvgIpc) is 1.59. The SMILES string of the molecule is COCCS(=O)([O-])=S.[Na+]. The maximum Gasteiger partial charge on any atom is 1.00 e. The minimum atomic E-state index is -3.23. The first-order valence-electron chi connectivity index (χ1n) is 1.99. The molecule has 0 N–H and O–H groups in total. The van der Waals surface area contributed by atoms with Crippen molar-refractivity contribution in [1.29, 1.82) is 0 Å². The van der Waals surface area contributed by atoms with Gasteiger partial charge in [-0.25, -0.2) is 0 Å². The summed E-state index contributed by atoms with van der Waals surface area (Å²) in [6.07, 6.45) is 0. The van der Waals surface area contributed by atoms with E-state index in [1.54, 1.807) is 0 Å². The zero-order valence-corrected chi connectivity index (χ0v) is 9.09. The van der Waals surface area contributed by atoms with Crippen molar-refractivity contribution in [2.45, 2.75) is 0 Å². The van der Waals surface area contributed by atoms with Crippen LogP contribution in [-0.2, 0) is 24.7 Å². The number of methoxy groups -OCH3 is 1. The van der Waals surface area contributed by atoms with Crippen LogP contribution in [0.15, 0.2) is 0 Å². The summed E-state index contributed by atoms with van der Waals surface area (Å²) in [7, 11) is -1.80. The molecule has 0 aliphatic rings. The Balaban J connectivity index is 0. The molecule has 0 saturated heterocycles. The minimum Gasteiger partial charge on any atom is -0.769 e. The molecule has 0 bridgehead atoms. The molecule has 0 heterocycles. The van der Waals surface area contributed by atoms with Gasteiger partial charge < -0.3 is 9.29 Å². The first-order chi connectivity index (χ1) is 3.56. The van der Waals surface area contributed by atoms with Crippen LogP contribution in [0, 0.1) is 0 Å². The Morgan fingerprint density at radius 3 is 2.33 bits per heavy atom. The second-order valence-electron chi connectivity index (χ2n) is 1.25. The van der Waals surface area contributed by atoms with Crippen molar-refractivity contribution in [1.82, 2.24) is 0 Å². The number of ether oxygens (including phenoxy) is 1. The van der Waals surface area contributed by atoms with E-state index in [2.05, 4.69) is 15.9 Å². The molecule has 1 unspecified atom stereocenters. The van der Waals surface area contributed by atoms with E-state index in [4.69, 9.17) is 0 Å². The molecule has 0 spiro atoms. The van der Waals surface area contributed by atoms with Crippen molar-refractivity contribution in [2.24, 2.45) is 0 Å². The molecular formula is C3H7NaO3S2. The van der Waals surface area contributed by atoms with E-state index in [0.29, 0.717) is 0 Å². The van der Waals surface area contributed by atoms with Gasteiger partial charge in [0.25, 0.3) is 0 Å². The van der Waals surface area contributed by atoms with Crippen molar-refractivity contribution in [3.8, 4) is 0 Å². The van der Waals surface area contributed by atoms with Crippen LogP contribution in [0.5, 0.6) is 0 Å². The summed E-state index contributed by atoms with van der Waals surface area (Å²) < 4.78 is 24.7. The summed E-state index contributed by atoms with van der Waals surface area (Å²) in [6, 6.07) is 0. The zero-order valence-electron chi connectivity index (χ0n) is 5.46. The first kappa shape index (κ1) is 12.9. The number of hydrogen-bond donors (Lipinski definition) is 0. The predicted molar refractivity (Wildman–Crippen MR) is 33.0 cm³/mol. The molecule has 0 rings (SSSR count). The van der Waals surface area contributed by atoms with Gasteiger partial charge in [-0.1, -0.05) is 0 Å². The molecule has 0 saturated carbocycles. The van der Waals surface area contributed by atoms with Crippen LogP contribution in [0.3, 0.4) is 0 Å². The smallest absolute Gasteiger partial charge is 0.769 e. The summed E-state index contributed by atoms with van der Waals surface area (Å²) in [5.41, 5.74) is 0. The van der Waals surface area contributed by atoms with Gasteiger partial charge >= 0.3 is 29.6 Å². The third-order valence-electron chi connectivity index (χ3n) is 0.537. The standard InChI is InChI=1S/C3H8O3S2.Na/c1-6-2-3-8(4,5)7;/h2-3H2,1H3,(H,4,5,7);/q;+1/p-1. The molecule has 0 aliphatic carbocycles. The van der Waals surface area contributed by atoms with Crippen LogP contribution in [0.2, 0.25) is 0 Å². The minimum absolute atomic E-state index is 0. The van der Waals surface area contributed by atoms with E-state index >= 15 is 0 Å². The maximum absolute atomic E-state index is 10.1. The summed E-state index contributed by atoms with van der Waals surface area (Å²) in [5, 5.41) is 0. The van der Waals surface area contributed by atoms with Crippen molar-refractivity contribution in [3.05, 3.63) is 0 Å². The first-order valence-corrected chi connectivity index (χ1v) is 4.56. The summed E-state index contributed by atoms with van der Waals surface area (Å²) in [4.78, 5) is 0. The van der Waals surface area contributed by atoms with Gasteiger partial charge in [0.15, 0.2) is 0 Å². The molecule has 50 valence electrons. The van der Waals surface area contributed by atoms with Gasteiger partial charge in [0.2, 0.25) is 0 Å². The molecule has 0 aromatic carbocycles. The Bertz CT molecular complexity index is 141. The molecule has 6 heteroatoms. The maximum atomic E-state index is 10.1. The largest absolute Gasteiger partial charge is 1.00 e. The van der Waals surface area contributed by atoms with Gasteiger partial charge in [0.05, 0.1) is 6.61 Å². The summed E-state index contributed by atoms with van der Waals surface area (Å²) >= 11 is 4.04. The molecular weight excluding hydrogens is 171 g/mol. The topological polar surface area (TPSA) is 49.4 Å². The Hall–Kier alpha value is 1.29. The van der Waals surface area contributed by atoms with Gasteiger partial charge in [-0.15, -0.1) is 0 Å². The Labute approximate surface area is 82.0 Å². The second kappa shape index (κ2) is 6.03. The number of hydrogen-bond acceptors (Lipinski definition) is 4. The van der Waals surface area contributed by atoms with E-state index < -0.39 is 8.77 Å². The summed E-state index contributed by atoms with van der Waals surface area (Å²) in [6.45, 7) is 0.186. The normalized spacial score (nSPS) is 15.8. The van der Waals surface area contributed by atoms with E-state index in [1.165, 1.54) is 7.11 Å². The van der Waals surface area contributed by atoms with Gasteiger partial charge in [0.1, 0.15) is 0 Å². The fourth-order valence-corrected chi connectivity index (χ4v) is 0.760. The van der Waals surface area contributed by atoms with E-state index in [9.17, 15) is 8.76 Å². The van der Waals surface area contributed by atoms with Crippen LogP contribution >= 0.6 is 0 Å². The molecule has 0 aromatic heterocycles.